The van der Waals surface area contributed by atoms with Crippen molar-refractivity contribution in [3.8, 4) is 5.75 Å². The molecule has 0 aliphatic carbocycles. The van der Waals surface area contributed by atoms with Gasteiger partial charge < -0.3 is 19.5 Å². The van der Waals surface area contributed by atoms with Crippen LogP contribution in [-0.4, -0.2) is 78.5 Å². The molecule has 2 aliphatic heterocycles. The van der Waals surface area contributed by atoms with Crippen LogP contribution in [0.25, 0.3) is 5.57 Å². The third-order valence-electron chi connectivity index (χ3n) is 7.58. The number of carbonyl (C=O) groups is 4. The molecule has 2 aliphatic rings. The maximum atomic E-state index is 13.4. The van der Waals surface area contributed by atoms with Gasteiger partial charge in [0, 0.05) is 49.5 Å². The van der Waals surface area contributed by atoms with Gasteiger partial charge in [-0.05, 0) is 80.9 Å². The Morgan fingerprint density at radius 3 is 2.13 bits per heavy atom. The van der Waals surface area contributed by atoms with Crippen molar-refractivity contribution in [2.75, 3.05) is 36.8 Å². The summed E-state index contributed by atoms with van der Waals surface area (Å²) in [5, 5.41) is 10.7. The van der Waals surface area contributed by atoms with Gasteiger partial charge in [-0.2, -0.15) is 8.42 Å². The van der Waals surface area contributed by atoms with Crippen molar-refractivity contribution in [2.45, 2.75) is 66.7 Å². The smallest absolute Gasteiger partial charge is 0.550 e. The zero-order valence-electron chi connectivity index (χ0n) is 27.5. The Balaban J connectivity index is 0.00000736. The monoisotopic (exact) mass is 667 g/mol. The Kier molecular flexibility index (Phi) is 14.3. The summed E-state index contributed by atoms with van der Waals surface area (Å²) in [6.07, 6.45) is 5.22. The topological polar surface area (TPSA) is 165 Å². The van der Waals surface area contributed by atoms with Crippen molar-refractivity contribution in [3.05, 3.63) is 53.3 Å². The molecule has 1 N–H and O–H groups in total. The van der Waals surface area contributed by atoms with Gasteiger partial charge in [-0.15, -0.1) is 0 Å². The first-order valence-corrected chi connectivity index (χ1v) is 16.7. The molecule has 1 saturated heterocycles. The Labute approximate surface area is 293 Å². The number of benzene rings is 1. The number of amides is 4. The van der Waals surface area contributed by atoms with Crippen molar-refractivity contribution in [1.82, 2.24) is 9.80 Å². The van der Waals surface area contributed by atoms with Crippen LogP contribution >= 0.6 is 0 Å². The number of rotatable bonds is 14. The van der Waals surface area contributed by atoms with Crippen molar-refractivity contribution < 1.29 is 71.5 Å². The van der Waals surface area contributed by atoms with E-state index in [1.165, 1.54) is 12.2 Å². The number of allylic oxidation sites excluding steroid dienone is 4. The number of carbonyl (C=O) groups excluding carboxylic acids is 4. The van der Waals surface area contributed by atoms with Gasteiger partial charge in [0.1, 0.15) is 17.1 Å². The van der Waals surface area contributed by atoms with Crippen LogP contribution in [0.2, 0.25) is 0 Å². The SMILES string of the molecule is CCN(CC)c1ccc2c(c1)O/C(=C/C=C1\C(=O)N(CCCCCC(=O)[O-])C(=O)N(CCCS(=O)(=O)O)C1=O)C=C2C(C)(C)C.[Na+]. The minimum absolute atomic E-state index is 0. The van der Waals surface area contributed by atoms with Gasteiger partial charge in [0.25, 0.3) is 21.9 Å². The molecule has 4 amide bonds. The van der Waals surface area contributed by atoms with Crippen LogP contribution in [0.1, 0.15) is 72.3 Å². The molecule has 2 heterocycles. The molecule has 0 bridgehead atoms. The second-order valence-electron chi connectivity index (χ2n) is 11.9. The number of ether oxygens (including phenoxy) is 1. The summed E-state index contributed by atoms with van der Waals surface area (Å²) >= 11 is 0. The summed E-state index contributed by atoms with van der Waals surface area (Å²) in [7, 11) is -4.34. The summed E-state index contributed by atoms with van der Waals surface area (Å²) in [4.78, 5) is 54.6. The van der Waals surface area contributed by atoms with Crippen LogP contribution in [-0.2, 0) is 24.5 Å². The summed E-state index contributed by atoms with van der Waals surface area (Å²) < 4.78 is 37.8. The van der Waals surface area contributed by atoms with Crippen molar-refractivity contribution in [3.63, 3.8) is 0 Å². The second-order valence-corrected chi connectivity index (χ2v) is 13.5. The molecular formula is C32H42N3NaO9S. The molecule has 246 valence electrons. The van der Waals surface area contributed by atoms with Gasteiger partial charge in [0.05, 0.1) is 5.75 Å². The van der Waals surface area contributed by atoms with Gasteiger partial charge in [-0.1, -0.05) is 27.2 Å². The van der Waals surface area contributed by atoms with Gasteiger partial charge in [-0.3, -0.25) is 23.9 Å². The first-order chi connectivity index (χ1) is 21.1. The van der Waals surface area contributed by atoms with Gasteiger partial charge in [-0.25, -0.2) is 4.79 Å². The van der Waals surface area contributed by atoms with Gasteiger partial charge >= 0.3 is 35.6 Å². The van der Waals surface area contributed by atoms with E-state index < -0.39 is 39.7 Å². The normalized spacial score (nSPS) is 17.1. The molecule has 0 atom stereocenters. The predicted octanol–water partition coefficient (Wildman–Crippen LogP) is 0.548. The average molecular weight is 668 g/mol. The Bertz CT molecular complexity index is 1520. The van der Waals surface area contributed by atoms with Crippen LogP contribution in [0.4, 0.5) is 10.5 Å². The molecule has 0 radical (unpaired) electrons. The third kappa shape index (κ3) is 10.3. The first-order valence-electron chi connectivity index (χ1n) is 15.1. The molecule has 1 aromatic carbocycles. The number of carboxylic acids is 1. The fraction of sp³-hybridized carbons (Fsp3) is 0.500. The number of unbranched alkanes of at least 4 members (excludes halogenated alkanes) is 2. The van der Waals surface area contributed by atoms with Crippen LogP contribution in [0.5, 0.6) is 5.75 Å². The largest absolute Gasteiger partial charge is 1.00 e. The number of barbiturate groups is 1. The second kappa shape index (κ2) is 16.7. The maximum absolute atomic E-state index is 13.4. The number of anilines is 1. The number of nitrogens with zero attached hydrogens (tertiary/aromatic N) is 3. The molecule has 0 saturated carbocycles. The standard InChI is InChI=1S/C32H43N3O9S.Na/c1-6-33(7-2)22-13-15-24-26(32(3,4)5)21-23(44-27(24)20-22)14-16-25-29(38)34(17-10-8-9-12-28(36)37)31(40)35(30(25)39)18-11-19-45(41,42)43;/h13-16,20-21H,6-12,17-19H2,1-5H3,(H,36,37)(H,41,42,43);/q;+1/p-1/b23-14+,25-16+;. The minimum atomic E-state index is -4.34. The van der Waals surface area contributed by atoms with Crippen LogP contribution in [0.3, 0.4) is 0 Å². The van der Waals surface area contributed by atoms with Crippen molar-refractivity contribution in [1.29, 1.82) is 0 Å². The molecule has 14 heteroatoms. The third-order valence-corrected chi connectivity index (χ3v) is 8.38. The Hall–Kier alpha value is -2.97. The summed E-state index contributed by atoms with van der Waals surface area (Å²) in [5.74, 6) is -2.60. The number of hydrogen-bond donors (Lipinski definition) is 1. The Morgan fingerprint density at radius 1 is 0.978 bits per heavy atom. The Morgan fingerprint density at radius 2 is 1.59 bits per heavy atom. The first kappa shape index (κ1) is 39.2. The average Bonchev–Trinajstić information content (AvgIpc) is 2.95. The van der Waals surface area contributed by atoms with E-state index >= 15 is 0 Å². The van der Waals surface area contributed by atoms with Crippen LogP contribution in [0, 0.1) is 5.41 Å². The number of imide groups is 2. The number of fused-ring (bicyclic) bond motifs is 1. The van der Waals surface area contributed by atoms with E-state index in [9.17, 15) is 32.7 Å². The zero-order valence-corrected chi connectivity index (χ0v) is 30.3. The van der Waals surface area contributed by atoms with E-state index in [1.807, 2.05) is 24.3 Å². The van der Waals surface area contributed by atoms with Crippen molar-refractivity contribution >= 4 is 45.2 Å². The number of urea groups is 1. The predicted molar refractivity (Wildman–Crippen MR) is 168 cm³/mol. The molecule has 0 unspecified atom stereocenters. The number of aliphatic carboxylic acids is 1. The van der Waals surface area contributed by atoms with Crippen molar-refractivity contribution in [2.24, 2.45) is 5.41 Å². The zero-order chi connectivity index (χ0) is 33.5. The molecule has 0 spiro atoms. The number of hydrogen-bond acceptors (Lipinski definition) is 9. The minimum Gasteiger partial charge on any atom is -0.550 e. The van der Waals surface area contributed by atoms with Crippen LogP contribution < -0.4 is 44.3 Å². The van der Waals surface area contributed by atoms with Gasteiger partial charge in [0.2, 0.25) is 0 Å². The fourth-order valence-corrected chi connectivity index (χ4v) is 5.70. The van der Waals surface area contributed by atoms with Gasteiger partial charge in [0.15, 0.2) is 0 Å². The van der Waals surface area contributed by atoms with E-state index in [-0.39, 0.29) is 66.5 Å². The summed E-state index contributed by atoms with van der Waals surface area (Å²) in [6, 6.07) is 5.11. The van der Waals surface area contributed by atoms with Crippen LogP contribution in [0.15, 0.2) is 47.8 Å². The molecule has 1 aromatic rings. The van der Waals surface area contributed by atoms with E-state index in [4.69, 9.17) is 9.29 Å². The summed E-state index contributed by atoms with van der Waals surface area (Å²) in [6.45, 7) is 11.5. The van der Waals surface area contributed by atoms with E-state index in [2.05, 4.69) is 39.5 Å². The molecular weight excluding hydrogens is 625 g/mol. The van der Waals surface area contributed by atoms with E-state index in [1.54, 1.807) is 0 Å². The maximum Gasteiger partial charge on any atom is 1.00 e. The molecule has 3 rings (SSSR count). The molecule has 0 aromatic heterocycles. The molecule has 1 fully saturated rings. The number of carboxylic acid groups (broad SMARTS) is 1. The van der Waals surface area contributed by atoms with E-state index in [0.29, 0.717) is 30.8 Å². The quantitative estimate of drug-likeness (QED) is 0.0974. The molecule has 46 heavy (non-hydrogen) atoms. The molecule has 12 nitrogen and oxygen atoms in total. The summed E-state index contributed by atoms with van der Waals surface area (Å²) in [5.41, 5.74) is 2.30. The fourth-order valence-electron chi connectivity index (χ4n) is 5.21. The van der Waals surface area contributed by atoms with E-state index in [0.717, 1.165) is 39.7 Å².